The number of thiophene rings is 1. The van der Waals surface area contributed by atoms with Crippen LogP contribution in [0.15, 0.2) is 231 Å². The van der Waals surface area contributed by atoms with Crippen molar-refractivity contribution < 1.29 is 4.74 Å². The molecule has 64 heavy (non-hydrogen) atoms. The van der Waals surface area contributed by atoms with Gasteiger partial charge in [0, 0.05) is 71.4 Å². The molecule has 0 amide bonds. The Morgan fingerprint density at radius 2 is 0.953 bits per heavy atom. The summed E-state index contributed by atoms with van der Waals surface area (Å²) in [5.74, 6) is 1.82. The van der Waals surface area contributed by atoms with E-state index in [1.54, 1.807) is 0 Å². The molecule has 0 aliphatic carbocycles. The lowest BCUT2D eigenvalue weighted by molar-refractivity contribution is 0.488. The maximum atomic E-state index is 7.01. The molecule has 1 aromatic heterocycles. The van der Waals surface area contributed by atoms with E-state index in [-0.39, 0.29) is 6.71 Å². The third-order valence-electron chi connectivity index (χ3n) is 12.8. The number of fused-ring (bicyclic) bond motifs is 9. The van der Waals surface area contributed by atoms with Crippen LogP contribution in [0.4, 0.5) is 51.2 Å². The van der Waals surface area contributed by atoms with E-state index in [2.05, 4.69) is 245 Å². The molecule has 0 N–H and O–H groups in total. The highest BCUT2D eigenvalue weighted by Gasteiger charge is 2.42. The minimum Gasteiger partial charge on any atom is -0.458 e. The number of para-hydroxylation sites is 5. The highest BCUT2D eigenvalue weighted by Crippen LogP contribution is 2.46. The lowest BCUT2D eigenvalue weighted by atomic mass is 9.34. The summed E-state index contributed by atoms with van der Waals surface area (Å²) in [7, 11) is 0. The van der Waals surface area contributed by atoms with Gasteiger partial charge < -0.3 is 19.4 Å². The molecule has 13 rings (SSSR count). The number of nitrogens with zero attached hydrogens (tertiary/aromatic N) is 3. The van der Waals surface area contributed by atoms with Gasteiger partial charge in [-0.25, -0.2) is 0 Å². The molecule has 300 valence electrons. The summed E-state index contributed by atoms with van der Waals surface area (Å²) >= 11 is 1.88. The number of hydrogen-bond donors (Lipinski definition) is 0. The fourth-order valence-electron chi connectivity index (χ4n) is 10.0. The van der Waals surface area contributed by atoms with E-state index >= 15 is 0 Å². The Balaban J connectivity index is 0.979. The van der Waals surface area contributed by atoms with Gasteiger partial charge in [0.15, 0.2) is 0 Å². The Morgan fingerprint density at radius 1 is 0.391 bits per heavy atom. The van der Waals surface area contributed by atoms with Crippen molar-refractivity contribution in [3.8, 4) is 11.5 Å². The van der Waals surface area contributed by atoms with Gasteiger partial charge in [-0.3, -0.25) is 0 Å². The Bertz CT molecular complexity index is 3470. The van der Waals surface area contributed by atoms with Crippen LogP contribution in [-0.4, -0.2) is 6.71 Å². The summed E-state index contributed by atoms with van der Waals surface area (Å²) in [6.45, 7) is -0.0308. The van der Waals surface area contributed by atoms with E-state index < -0.39 is 0 Å². The molecule has 6 heteroatoms. The number of anilines is 9. The minimum atomic E-state index is -0.0308. The molecule has 10 aromatic carbocycles. The number of rotatable bonds is 7. The van der Waals surface area contributed by atoms with Gasteiger partial charge in [0.2, 0.25) is 0 Å². The quantitative estimate of drug-likeness (QED) is 0.149. The molecule has 4 nitrogen and oxygen atoms in total. The second-order valence-corrected chi connectivity index (χ2v) is 17.5. The SMILES string of the molecule is c1ccc(N(c2ccccc2)c2ccc3c(c2)N(c2ccccc2)c2cccc4c2B3c2cc3sc5c6ccc(N(c7ccccc7)c7ccccc7)cc6ccc5c3cc2O4)cc1. The minimum absolute atomic E-state index is 0.0308. The maximum absolute atomic E-state index is 7.01. The van der Waals surface area contributed by atoms with Crippen molar-refractivity contribution in [3.63, 3.8) is 0 Å². The van der Waals surface area contributed by atoms with Crippen molar-refractivity contribution >= 4 is 117 Å². The molecule has 0 spiro atoms. The van der Waals surface area contributed by atoms with Crippen LogP contribution in [0.2, 0.25) is 0 Å². The molecule has 2 aliphatic heterocycles. The van der Waals surface area contributed by atoms with Gasteiger partial charge in [0.1, 0.15) is 11.5 Å². The van der Waals surface area contributed by atoms with Crippen molar-refractivity contribution in [3.05, 3.63) is 231 Å². The first-order valence-electron chi connectivity index (χ1n) is 21.8. The van der Waals surface area contributed by atoms with E-state index in [4.69, 9.17) is 4.74 Å². The van der Waals surface area contributed by atoms with E-state index in [0.717, 1.165) is 62.7 Å². The summed E-state index contributed by atoms with van der Waals surface area (Å²) in [4.78, 5) is 7.10. The van der Waals surface area contributed by atoms with Gasteiger partial charge in [0.25, 0.3) is 6.71 Å². The van der Waals surface area contributed by atoms with Crippen molar-refractivity contribution in [1.29, 1.82) is 0 Å². The fraction of sp³-hybridized carbons (Fsp3) is 0. The lowest BCUT2D eigenvalue weighted by Gasteiger charge is -2.40. The van der Waals surface area contributed by atoms with Crippen LogP contribution in [0.5, 0.6) is 11.5 Å². The van der Waals surface area contributed by atoms with Gasteiger partial charge in [-0.1, -0.05) is 121 Å². The van der Waals surface area contributed by atoms with Gasteiger partial charge in [-0.15, -0.1) is 11.3 Å². The van der Waals surface area contributed by atoms with Crippen LogP contribution in [0, 0.1) is 0 Å². The van der Waals surface area contributed by atoms with Gasteiger partial charge >= 0.3 is 0 Å². The molecule has 2 aliphatic rings. The zero-order valence-electron chi connectivity index (χ0n) is 34.7. The second kappa shape index (κ2) is 14.8. The summed E-state index contributed by atoms with van der Waals surface area (Å²) < 4.78 is 9.55. The molecule has 0 saturated heterocycles. The third-order valence-corrected chi connectivity index (χ3v) is 14.0. The predicted octanol–water partition coefficient (Wildman–Crippen LogP) is 14.6. The predicted molar refractivity (Wildman–Crippen MR) is 272 cm³/mol. The molecule has 3 heterocycles. The van der Waals surface area contributed by atoms with Crippen molar-refractivity contribution in [2.24, 2.45) is 0 Å². The summed E-state index contributed by atoms with van der Waals surface area (Å²) in [5.41, 5.74) is 13.7. The average Bonchev–Trinajstić information content (AvgIpc) is 3.73. The molecule has 0 atom stereocenters. The summed E-state index contributed by atoms with van der Waals surface area (Å²) in [6.07, 6.45) is 0. The molecule has 0 bridgehead atoms. The number of benzene rings is 10. The van der Waals surface area contributed by atoms with Crippen molar-refractivity contribution in [2.45, 2.75) is 0 Å². The Morgan fingerprint density at radius 3 is 1.58 bits per heavy atom. The summed E-state index contributed by atoms with van der Waals surface area (Å²) in [6, 6.07) is 83.0. The van der Waals surface area contributed by atoms with E-state index in [1.807, 2.05) is 11.3 Å². The molecular weight excluding hydrogens is 798 g/mol. The van der Waals surface area contributed by atoms with Crippen LogP contribution >= 0.6 is 11.3 Å². The second-order valence-electron chi connectivity index (χ2n) is 16.5. The van der Waals surface area contributed by atoms with Crippen LogP contribution in [0.1, 0.15) is 0 Å². The smallest absolute Gasteiger partial charge is 0.256 e. The molecule has 0 radical (unpaired) electrons. The normalized spacial score (nSPS) is 12.4. The first kappa shape index (κ1) is 36.6. The number of hydrogen-bond acceptors (Lipinski definition) is 5. The first-order chi connectivity index (χ1) is 31.7. The standard InChI is InChI=1S/C58H38BN3OS/c1-6-17-40(18-7-1)60(41-19-8-2-9-20-41)45-30-33-47-39(35-45)29-32-48-49-37-55-51(38-56(49)64-58(47)48)59-50-34-31-46(61(42-21-10-3-11-22-42)43-23-12-4-13-24-43)36-53(50)62(44-25-14-5-15-26-44)52-27-16-28-54(63-55)57(52)59/h1-38H. The van der Waals surface area contributed by atoms with Crippen LogP contribution < -0.4 is 35.8 Å². The Hall–Kier alpha value is -8.06. The average molecular weight is 836 g/mol. The number of ether oxygens (including phenoxy) is 1. The molecule has 0 saturated carbocycles. The zero-order chi connectivity index (χ0) is 42.1. The largest absolute Gasteiger partial charge is 0.458 e. The molecule has 0 fully saturated rings. The van der Waals surface area contributed by atoms with Gasteiger partial charge in [-0.2, -0.15) is 0 Å². The van der Waals surface area contributed by atoms with Crippen LogP contribution in [0.3, 0.4) is 0 Å². The Kier molecular flexibility index (Phi) is 8.46. The highest BCUT2D eigenvalue weighted by atomic mass is 32.1. The molecular formula is C58H38BN3OS. The van der Waals surface area contributed by atoms with Crippen LogP contribution in [-0.2, 0) is 0 Å². The lowest BCUT2D eigenvalue weighted by Crippen LogP contribution is -2.59. The zero-order valence-corrected chi connectivity index (χ0v) is 35.5. The van der Waals surface area contributed by atoms with Crippen LogP contribution in [0.25, 0.3) is 30.9 Å². The highest BCUT2D eigenvalue weighted by molar-refractivity contribution is 7.26. The fourth-order valence-corrected chi connectivity index (χ4v) is 11.3. The topological polar surface area (TPSA) is 19.0 Å². The van der Waals surface area contributed by atoms with Crippen molar-refractivity contribution in [2.75, 3.05) is 14.7 Å². The molecule has 0 unspecified atom stereocenters. The van der Waals surface area contributed by atoms with E-state index in [9.17, 15) is 0 Å². The Labute approximate surface area is 376 Å². The first-order valence-corrected chi connectivity index (χ1v) is 22.6. The maximum Gasteiger partial charge on any atom is 0.256 e. The summed E-state index contributed by atoms with van der Waals surface area (Å²) in [5, 5.41) is 4.94. The van der Waals surface area contributed by atoms with Gasteiger partial charge in [-0.05, 0) is 136 Å². The monoisotopic (exact) mass is 835 g/mol. The van der Waals surface area contributed by atoms with E-state index in [0.29, 0.717) is 0 Å². The van der Waals surface area contributed by atoms with E-state index in [1.165, 1.54) is 47.3 Å². The van der Waals surface area contributed by atoms with Gasteiger partial charge in [0.05, 0.1) is 0 Å². The third kappa shape index (κ3) is 5.84. The molecule has 11 aromatic rings. The van der Waals surface area contributed by atoms with Crippen molar-refractivity contribution in [1.82, 2.24) is 0 Å².